The molecule has 0 aliphatic carbocycles. The van der Waals surface area contributed by atoms with Crippen LogP contribution >= 0.6 is 59.9 Å². The Bertz CT molecular complexity index is 658. The molecule has 1 atom stereocenters. The van der Waals surface area contributed by atoms with E-state index in [0.717, 1.165) is 11.5 Å². The number of aliphatic hydroxyl groups is 1. The molecular formula is C20H26I3O3V. The number of aliphatic hydroxyl groups excluding tert-OH is 1. The van der Waals surface area contributed by atoms with Crippen molar-refractivity contribution in [2.45, 2.75) is 38.7 Å². The van der Waals surface area contributed by atoms with Crippen LogP contribution in [-0.2, 0) is 10.3 Å². The van der Waals surface area contributed by atoms with E-state index >= 15 is 0 Å². The maximum atomic E-state index is 9.56. The number of hydrogen-bond acceptors (Lipinski definition) is 3. The number of ether oxygens (including phenoxy) is 2. The molecule has 0 saturated carbocycles. The summed E-state index contributed by atoms with van der Waals surface area (Å²) in [7, 11) is 1.67. The first-order valence-electron chi connectivity index (χ1n) is 8.54. The Hall–Kier alpha value is 0.774. The van der Waals surface area contributed by atoms with Gasteiger partial charge in [-0.25, -0.2) is 0 Å². The molecule has 3 nitrogen and oxygen atoms in total. The van der Waals surface area contributed by atoms with Crippen LogP contribution in [0.5, 0.6) is 11.5 Å². The van der Waals surface area contributed by atoms with Crippen LogP contribution in [0.2, 0.25) is 0 Å². The molecule has 7 heteroatoms. The summed E-state index contributed by atoms with van der Waals surface area (Å²) in [6.07, 6.45) is 0.285. The van der Waals surface area contributed by atoms with E-state index in [1.165, 1.54) is 11.1 Å². The van der Waals surface area contributed by atoms with Gasteiger partial charge in [0.1, 0.15) is 18.1 Å². The first-order valence-corrected chi connectivity index (χ1v) is 22.1. The second kappa shape index (κ2) is 13.2. The Morgan fingerprint density at radius 1 is 0.926 bits per heavy atom. The summed E-state index contributed by atoms with van der Waals surface area (Å²) in [6.45, 7) is 6.67. The predicted octanol–water partition coefficient (Wildman–Crippen LogP) is 6.83. The number of hydrogen-bond donors (Lipinski definition) is 1. The third-order valence-corrected chi connectivity index (χ3v) is 4.30. The van der Waals surface area contributed by atoms with E-state index in [-0.39, 0.29) is 10.3 Å². The van der Waals surface area contributed by atoms with Crippen molar-refractivity contribution in [1.82, 2.24) is 0 Å². The first kappa shape index (κ1) is 25.8. The third kappa shape index (κ3) is 9.42. The summed E-state index contributed by atoms with van der Waals surface area (Å²) in [5.74, 6) is 1.65. The molecule has 2 aromatic carbocycles. The molecule has 1 unspecified atom stereocenters. The van der Waals surface area contributed by atoms with Gasteiger partial charge in [0, 0.05) is 5.41 Å². The van der Waals surface area contributed by atoms with Gasteiger partial charge in [-0.15, -0.1) is 0 Å². The average Bonchev–Trinajstić information content (AvgIpc) is 2.66. The second-order valence-corrected chi connectivity index (χ2v) is 41.8. The van der Waals surface area contributed by atoms with Crippen LogP contribution in [0.25, 0.3) is 0 Å². The van der Waals surface area contributed by atoms with Gasteiger partial charge in [0.05, 0.1) is 13.2 Å². The normalized spacial score (nSPS) is 12.2. The topological polar surface area (TPSA) is 38.7 Å². The zero-order valence-electron chi connectivity index (χ0n) is 16.0. The van der Waals surface area contributed by atoms with E-state index in [9.17, 15) is 5.11 Å². The van der Waals surface area contributed by atoms with Crippen molar-refractivity contribution in [3.05, 3.63) is 59.7 Å². The maximum absolute atomic E-state index is 9.56. The van der Waals surface area contributed by atoms with Crippen LogP contribution in [-0.4, -0.2) is 24.9 Å². The van der Waals surface area contributed by atoms with E-state index in [2.05, 4.69) is 98.0 Å². The fourth-order valence-corrected chi connectivity index (χ4v) is 2.45. The quantitative estimate of drug-likeness (QED) is 0.317. The molecule has 0 aliphatic heterocycles. The van der Waals surface area contributed by atoms with Gasteiger partial charge in [0.25, 0.3) is 0 Å². The summed E-state index contributed by atoms with van der Waals surface area (Å²) in [4.78, 5) is -0.278. The molecule has 150 valence electrons. The number of benzene rings is 2. The molecule has 0 aromatic heterocycles. The first-order chi connectivity index (χ1) is 12.7. The van der Waals surface area contributed by atoms with Crippen LogP contribution < -0.4 is 9.47 Å². The van der Waals surface area contributed by atoms with Crippen molar-refractivity contribution in [3.8, 4) is 11.5 Å². The van der Waals surface area contributed by atoms with Crippen molar-refractivity contribution < 1.29 is 19.5 Å². The van der Waals surface area contributed by atoms with Crippen molar-refractivity contribution in [3.63, 3.8) is 0 Å². The molecule has 0 amide bonds. The average molecular weight is 746 g/mol. The van der Waals surface area contributed by atoms with Crippen LogP contribution in [0.4, 0.5) is 0 Å². The number of methoxy groups -OCH3 is 1. The summed E-state index contributed by atoms with van der Waals surface area (Å²) >= 11 is 7.39. The van der Waals surface area contributed by atoms with E-state index < -0.39 is 6.10 Å². The molecule has 0 fully saturated rings. The molecule has 0 spiro atoms. The Labute approximate surface area is 200 Å². The van der Waals surface area contributed by atoms with Crippen molar-refractivity contribution in [2.24, 2.45) is 0 Å². The summed E-state index contributed by atoms with van der Waals surface area (Å²) < 4.78 is 10.8. The van der Waals surface area contributed by atoms with Gasteiger partial charge >= 0.3 is 64.9 Å². The van der Waals surface area contributed by atoms with E-state index in [1.54, 1.807) is 7.11 Å². The molecule has 27 heavy (non-hydrogen) atoms. The van der Waals surface area contributed by atoms with Gasteiger partial charge in [-0.05, 0) is 41.8 Å². The molecule has 2 aromatic rings. The number of rotatable bonds is 7. The molecule has 0 bridgehead atoms. The molecule has 1 N–H and O–H groups in total. The molecule has 0 saturated heterocycles. The van der Waals surface area contributed by atoms with Crippen molar-refractivity contribution >= 4 is 59.9 Å². The van der Waals surface area contributed by atoms with Gasteiger partial charge in [-0.3, -0.25) is 0 Å². The van der Waals surface area contributed by atoms with Crippen LogP contribution in [0.15, 0.2) is 48.5 Å². The standard InChI is InChI=1S/C20H26O3.3HI.V/c1-5-17(21)14-23-19-12-8-16(9-13-19)20(2,3)15-6-10-18(22-4)11-7-15;;;;/h6-13,17,21H,5,14H2,1-4H3;3*1H;/q;;;;+3/p-3. The Morgan fingerprint density at radius 3 is 1.70 bits per heavy atom. The molecule has 2 rings (SSSR count). The van der Waals surface area contributed by atoms with Gasteiger partial charge in [0.2, 0.25) is 0 Å². The van der Waals surface area contributed by atoms with Crippen LogP contribution in [0, 0.1) is 0 Å². The SMILES string of the molecule is CCC(O)COc1ccc(C(C)(C)c2ccc(OC)cc2)cc1.[I][V]([I])[I]. The Morgan fingerprint density at radius 2 is 1.33 bits per heavy atom. The fourth-order valence-electron chi connectivity index (χ4n) is 2.45. The molecule has 0 aliphatic rings. The predicted molar refractivity (Wildman–Crippen MR) is 135 cm³/mol. The van der Waals surface area contributed by atoms with E-state index in [0.29, 0.717) is 13.0 Å². The summed E-state index contributed by atoms with van der Waals surface area (Å²) in [6, 6.07) is 16.3. The fraction of sp³-hybridized carbons (Fsp3) is 0.400. The van der Waals surface area contributed by atoms with Gasteiger partial charge in [-0.1, -0.05) is 45.0 Å². The summed E-state index contributed by atoms with van der Waals surface area (Å²) in [5, 5.41) is 9.56. The Balaban J connectivity index is 0.000000828. The second-order valence-electron chi connectivity index (χ2n) is 6.44. The number of halogens is 3. The zero-order chi connectivity index (χ0) is 20.4. The minimum atomic E-state index is -0.412. The van der Waals surface area contributed by atoms with Crippen molar-refractivity contribution in [2.75, 3.05) is 13.7 Å². The Kier molecular flexibility index (Phi) is 12.6. The van der Waals surface area contributed by atoms with Crippen LogP contribution in [0.1, 0.15) is 38.3 Å². The monoisotopic (exact) mass is 746 g/mol. The molecule has 0 radical (unpaired) electrons. The van der Waals surface area contributed by atoms with Crippen LogP contribution in [0.3, 0.4) is 0 Å². The third-order valence-electron chi connectivity index (χ3n) is 4.30. The van der Waals surface area contributed by atoms with Gasteiger partial charge in [-0.2, -0.15) is 0 Å². The van der Waals surface area contributed by atoms with Gasteiger partial charge < -0.3 is 14.6 Å². The zero-order valence-corrected chi connectivity index (χ0v) is 23.8. The minimum absolute atomic E-state index is 0.103. The van der Waals surface area contributed by atoms with Gasteiger partial charge in [0.15, 0.2) is 0 Å². The summed E-state index contributed by atoms with van der Waals surface area (Å²) in [5.41, 5.74) is 2.34. The van der Waals surface area contributed by atoms with E-state index in [1.807, 2.05) is 31.2 Å². The molecule has 0 heterocycles. The van der Waals surface area contributed by atoms with E-state index in [4.69, 9.17) is 9.47 Å². The van der Waals surface area contributed by atoms with Crippen molar-refractivity contribution in [1.29, 1.82) is 0 Å². The molecular weight excluding hydrogens is 720 g/mol.